The molecule has 0 saturated carbocycles. The van der Waals surface area contributed by atoms with E-state index in [4.69, 9.17) is 39.5 Å². The van der Waals surface area contributed by atoms with Gasteiger partial charge in [0.25, 0.3) is 0 Å². The van der Waals surface area contributed by atoms with E-state index in [1.54, 1.807) is 0 Å². The molecule has 7 heteroatoms. The number of hydrogen-bond acceptors (Lipinski definition) is 3. The van der Waals surface area contributed by atoms with Gasteiger partial charge in [0, 0.05) is 37.4 Å². The summed E-state index contributed by atoms with van der Waals surface area (Å²) >= 11 is -1.77. The van der Waals surface area contributed by atoms with Crippen LogP contribution < -0.4 is 0 Å². The first-order valence-electron chi connectivity index (χ1n) is 8.26. The van der Waals surface area contributed by atoms with E-state index in [-0.39, 0.29) is 0 Å². The van der Waals surface area contributed by atoms with Crippen molar-refractivity contribution in [1.29, 1.82) is 0 Å². The van der Waals surface area contributed by atoms with E-state index in [0.29, 0.717) is 0 Å². The molecule has 0 spiro atoms. The quantitative estimate of drug-likeness (QED) is 0.597. The van der Waals surface area contributed by atoms with Crippen molar-refractivity contribution in [1.82, 2.24) is 4.90 Å². The summed E-state index contributed by atoms with van der Waals surface area (Å²) in [5.74, 6) is 0. The van der Waals surface area contributed by atoms with Gasteiger partial charge in [-0.15, -0.1) is 0 Å². The Balaban J connectivity index is 0.000000447. The Morgan fingerprint density at radius 1 is 0.808 bits per heavy atom. The fourth-order valence-corrected chi connectivity index (χ4v) is 3.26. The molecule has 2 heterocycles. The number of halogens is 3. The van der Waals surface area contributed by atoms with Gasteiger partial charge in [-0.1, -0.05) is 36.4 Å². The number of rotatable bonds is 4. The molecule has 2 aromatic carbocycles. The van der Waals surface area contributed by atoms with E-state index in [1.807, 2.05) is 0 Å². The molecular weight excluding hydrogens is 428 g/mol. The second kappa shape index (κ2) is 9.41. The predicted octanol–water partition coefficient (Wildman–Crippen LogP) is 5.64. The van der Waals surface area contributed by atoms with Crippen LogP contribution in [0.1, 0.15) is 11.1 Å². The molecule has 136 valence electrons. The van der Waals surface area contributed by atoms with Gasteiger partial charge >= 0.3 is 41.8 Å². The molecule has 2 aliphatic rings. The van der Waals surface area contributed by atoms with Crippen molar-refractivity contribution >= 4 is 52.3 Å². The van der Waals surface area contributed by atoms with Crippen molar-refractivity contribution in [3.63, 3.8) is 0 Å². The van der Waals surface area contributed by atoms with Crippen molar-refractivity contribution in [2.45, 2.75) is 12.8 Å². The van der Waals surface area contributed by atoms with Crippen LogP contribution >= 0.6 is 29.5 Å². The van der Waals surface area contributed by atoms with Crippen LogP contribution in [0.25, 0.3) is 0 Å². The molecule has 4 rings (SSSR count). The molecule has 0 unspecified atom stereocenters. The summed E-state index contributed by atoms with van der Waals surface area (Å²) in [6, 6.07) is 16.8. The second-order valence-electron chi connectivity index (χ2n) is 6.33. The molecule has 0 bridgehead atoms. The summed E-state index contributed by atoms with van der Waals surface area (Å²) in [6.07, 6.45) is 1.96. The number of hydrogen-bond donors (Lipinski definition) is 0. The Morgan fingerprint density at radius 2 is 1.19 bits per heavy atom. The zero-order chi connectivity index (χ0) is 18.5. The van der Waals surface area contributed by atoms with Crippen LogP contribution in [0.4, 0.5) is 11.4 Å². The van der Waals surface area contributed by atoms with E-state index in [9.17, 15) is 0 Å². The molecule has 0 N–H and O–H groups in total. The fraction of sp³-hybridized carbons (Fsp3) is 0.263. The Labute approximate surface area is 171 Å². The normalized spacial score (nSPS) is 14.5. The second-order valence-corrected chi connectivity index (χ2v) is 13.3. The van der Waals surface area contributed by atoms with Crippen molar-refractivity contribution in [2.24, 2.45) is 9.98 Å². The molecule has 2 aromatic rings. The van der Waals surface area contributed by atoms with Gasteiger partial charge < -0.3 is 0 Å². The number of nitrogens with zero attached hydrogens (tertiary/aromatic N) is 3. The third kappa shape index (κ3) is 5.59. The van der Waals surface area contributed by atoms with Crippen LogP contribution in [-0.4, -0.2) is 36.5 Å². The molecule has 0 radical (unpaired) electrons. The average molecular weight is 447 g/mol. The van der Waals surface area contributed by atoms with Gasteiger partial charge in [-0.2, -0.15) is 0 Å². The van der Waals surface area contributed by atoms with Crippen molar-refractivity contribution in [3.05, 3.63) is 59.7 Å². The van der Waals surface area contributed by atoms with Crippen LogP contribution in [0, 0.1) is 0 Å². The minimum atomic E-state index is -1.77. The topological polar surface area (TPSA) is 28.0 Å². The van der Waals surface area contributed by atoms with E-state index in [1.165, 1.54) is 22.6 Å². The summed E-state index contributed by atoms with van der Waals surface area (Å²) in [5.41, 5.74) is 7.46. The van der Waals surface area contributed by atoms with Crippen LogP contribution in [0.2, 0.25) is 0 Å². The molecule has 3 nitrogen and oxygen atoms in total. The first-order valence-corrected chi connectivity index (χ1v) is 14.0. The summed E-state index contributed by atoms with van der Waals surface area (Å²) < 4.78 is 0. The Hall–Kier alpha value is -0.806. The summed E-state index contributed by atoms with van der Waals surface area (Å²) in [5, 5.41) is 0. The molecule has 0 fully saturated rings. The summed E-state index contributed by atoms with van der Waals surface area (Å²) in [4.78, 5) is 11.8. The molecule has 0 atom stereocenters. The van der Waals surface area contributed by atoms with Crippen LogP contribution in [0.15, 0.2) is 58.5 Å². The van der Waals surface area contributed by atoms with Gasteiger partial charge in [0.15, 0.2) is 0 Å². The predicted molar refractivity (Wildman–Crippen MR) is 110 cm³/mol. The van der Waals surface area contributed by atoms with E-state index in [2.05, 4.69) is 60.5 Å². The summed E-state index contributed by atoms with van der Waals surface area (Å²) in [7, 11) is 17.0. The maximum atomic E-state index is 4.95. The molecule has 0 amide bonds. The van der Waals surface area contributed by atoms with Gasteiger partial charge in [-0.25, -0.2) is 0 Å². The molecule has 0 aromatic heterocycles. The minimum absolute atomic E-state index is 0.907. The van der Waals surface area contributed by atoms with Crippen LogP contribution in [0.3, 0.4) is 0 Å². The van der Waals surface area contributed by atoms with Crippen LogP contribution in [-0.2, 0) is 25.1 Å². The number of fused-ring (bicyclic) bond motifs is 2. The van der Waals surface area contributed by atoms with Gasteiger partial charge in [-0.05, 0) is 30.3 Å². The third-order valence-electron chi connectivity index (χ3n) is 4.23. The van der Waals surface area contributed by atoms with Gasteiger partial charge in [0.05, 0.1) is 11.4 Å². The first-order chi connectivity index (χ1) is 12.5. The van der Waals surface area contributed by atoms with Gasteiger partial charge in [0.2, 0.25) is 0 Å². The number of benzene rings is 2. The van der Waals surface area contributed by atoms with Crippen LogP contribution in [0.5, 0.6) is 0 Å². The zero-order valence-electron chi connectivity index (χ0n) is 14.4. The Kier molecular flexibility index (Phi) is 7.22. The van der Waals surface area contributed by atoms with Crippen molar-refractivity contribution < 1.29 is 12.3 Å². The van der Waals surface area contributed by atoms with E-state index >= 15 is 0 Å². The molecule has 2 aliphatic heterocycles. The Morgan fingerprint density at radius 3 is 1.58 bits per heavy atom. The fourth-order valence-electron chi connectivity index (χ4n) is 3.26. The molecule has 26 heavy (non-hydrogen) atoms. The maximum absolute atomic E-state index is 4.95. The van der Waals surface area contributed by atoms with Gasteiger partial charge in [-0.3, -0.25) is 14.9 Å². The van der Waals surface area contributed by atoms with Crippen molar-refractivity contribution in [2.75, 3.05) is 20.1 Å². The number of para-hydroxylation sites is 2. The SMILES string of the molecule is CN(CC1=Nc2ccccc2C1)CC1=Nc2ccccc2C1.[Cl][V]([Cl])[Cl]. The Bertz CT molecular complexity index is 768. The monoisotopic (exact) mass is 445 g/mol. The molecule has 0 saturated heterocycles. The molecular formula is C19H19Cl3N3V. The molecule has 0 aliphatic carbocycles. The first kappa shape index (κ1) is 19.9. The zero-order valence-corrected chi connectivity index (χ0v) is 18.0. The third-order valence-corrected chi connectivity index (χ3v) is 4.23. The van der Waals surface area contributed by atoms with E-state index < -0.39 is 12.3 Å². The van der Waals surface area contributed by atoms with E-state index in [0.717, 1.165) is 37.3 Å². The van der Waals surface area contributed by atoms with Gasteiger partial charge in [0.1, 0.15) is 0 Å². The number of aliphatic imine (C=N–C) groups is 2. The average Bonchev–Trinajstić information content (AvgIpc) is 3.16. The standard InChI is InChI=1S/C19H19N3.3ClH.V/c1-22(12-16-10-14-6-2-4-8-18(14)20-16)13-17-11-15-7-3-5-9-19(15)21-17;;;;/h2-9H,10-13H2,1H3;3*1H;/q;;;;+3/p-3. The van der Waals surface area contributed by atoms with Crippen molar-refractivity contribution in [3.8, 4) is 0 Å². The summed E-state index contributed by atoms with van der Waals surface area (Å²) in [6.45, 7) is 1.81.